The number of rotatable bonds is 6. The number of urea groups is 1. The molecule has 1 saturated heterocycles. The lowest BCUT2D eigenvalue weighted by atomic mass is 10.0. The van der Waals surface area contributed by atoms with Crippen LogP contribution in [0.4, 0.5) is 10.5 Å². The molecule has 0 spiro atoms. The third-order valence-corrected chi connectivity index (χ3v) is 7.81. The predicted molar refractivity (Wildman–Crippen MR) is 153 cm³/mol. The van der Waals surface area contributed by atoms with Gasteiger partial charge >= 0.3 is 11.7 Å². The molecule has 8 nitrogen and oxygen atoms in total. The van der Waals surface area contributed by atoms with E-state index in [1.165, 1.54) is 0 Å². The zero-order valence-corrected chi connectivity index (χ0v) is 22.1. The summed E-state index contributed by atoms with van der Waals surface area (Å²) in [6.07, 6.45) is 7.37. The van der Waals surface area contributed by atoms with Crippen LogP contribution in [0.25, 0.3) is 22.4 Å². The normalized spacial score (nSPS) is 15.9. The highest BCUT2D eigenvalue weighted by atomic mass is 16.2. The van der Waals surface area contributed by atoms with Gasteiger partial charge in [-0.15, -0.1) is 0 Å². The number of hydrogen-bond acceptors (Lipinski definition) is 3. The standard InChI is InChI=1S/C31H33N5O3/c1-21-6-5-9-24(16-21)25-17-27(29(37)35(19-25)18-22-10-11-22)32-30(38)34-14-12-26(13-15-34)36-20-28(33-31(36)39)23-7-3-2-4-8-23/h2-9,16-17,19-20,22,26H,10-15,18H2,1H3,(H,32,38)(H,33,39). The zero-order chi connectivity index (χ0) is 26.9. The molecule has 4 aromatic rings. The summed E-state index contributed by atoms with van der Waals surface area (Å²) >= 11 is 0. The summed E-state index contributed by atoms with van der Waals surface area (Å²) in [4.78, 5) is 43.9. The number of carbonyl (C=O) groups excluding carboxylic acids is 1. The van der Waals surface area contributed by atoms with Crippen LogP contribution in [0.5, 0.6) is 0 Å². The number of carbonyl (C=O) groups is 1. The molecule has 2 fully saturated rings. The van der Waals surface area contributed by atoms with Crippen LogP contribution >= 0.6 is 0 Å². The van der Waals surface area contributed by atoms with Crippen LogP contribution in [-0.4, -0.2) is 38.1 Å². The molecular weight excluding hydrogens is 490 g/mol. The largest absolute Gasteiger partial charge is 0.326 e. The molecule has 39 heavy (non-hydrogen) atoms. The molecule has 200 valence electrons. The molecule has 2 aliphatic rings. The second kappa shape index (κ2) is 10.4. The van der Waals surface area contributed by atoms with Gasteiger partial charge in [0.25, 0.3) is 5.56 Å². The van der Waals surface area contributed by atoms with Gasteiger partial charge in [0.2, 0.25) is 0 Å². The number of nitrogens with zero attached hydrogens (tertiary/aromatic N) is 3. The Morgan fingerprint density at radius 3 is 2.36 bits per heavy atom. The Bertz CT molecular complexity index is 1610. The van der Waals surface area contributed by atoms with Crippen LogP contribution in [0.3, 0.4) is 0 Å². The number of H-pyrrole nitrogens is 1. The van der Waals surface area contributed by atoms with Gasteiger partial charge in [-0.05, 0) is 55.7 Å². The summed E-state index contributed by atoms with van der Waals surface area (Å²) in [5.74, 6) is 0.525. The Hall–Kier alpha value is -4.33. The van der Waals surface area contributed by atoms with E-state index < -0.39 is 0 Å². The second-order valence-corrected chi connectivity index (χ2v) is 10.8. The third-order valence-electron chi connectivity index (χ3n) is 7.81. The quantitative estimate of drug-likeness (QED) is 0.361. The topological polar surface area (TPSA) is 92.1 Å². The Kier molecular flexibility index (Phi) is 6.69. The molecule has 0 atom stereocenters. The molecule has 1 aliphatic heterocycles. The SMILES string of the molecule is Cc1cccc(-c2cc(NC(=O)N3CCC(n4cc(-c5ccccc5)[nH]c4=O)CC3)c(=O)n(CC3CC3)c2)c1. The van der Waals surface area contributed by atoms with Gasteiger partial charge in [-0.1, -0.05) is 60.2 Å². The number of pyridine rings is 1. The summed E-state index contributed by atoms with van der Waals surface area (Å²) in [6.45, 7) is 3.72. The maximum absolute atomic E-state index is 13.3. The number of benzene rings is 2. The fourth-order valence-electron chi connectivity index (χ4n) is 5.41. The fraction of sp³-hybridized carbons (Fsp3) is 0.323. The van der Waals surface area contributed by atoms with Crippen molar-refractivity contribution in [3.05, 3.63) is 99.5 Å². The van der Waals surface area contributed by atoms with Crippen molar-refractivity contribution in [2.75, 3.05) is 18.4 Å². The molecule has 6 rings (SSSR count). The minimum Gasteiger partial charge on any atom is -0.324 e. The number of likely N-dealkylation sites (tertiary alicyclic amines) is 1. The molecular formula is C31H33N5O3. The smallest absolute Gasteiger partial charge is 0.324 e. The number of imidazole rings is 1. The number of aromatic amines is 1. The lowest BCUT2D eigenvalue weighted by Crippen LogP contribution is -2.43. The van der Waals surface area contributed by atoms with Gasteiger partial charge in [-0.3, -0.25) is 9.36 Å². The number of aryl methyl sites for hydroxylation is 1. The number of anilines is 1. The van der Waals surface area contributed by atoms with Gasteiger partial charge in [0, 0.05) is 43.6 Å². The van der Waals surface area contributed by atoms with E-state index in [2.05, 4.69) is 16.4 Å². The molecule has 1 aliphatic carbocycles. The van der Waals surface area contributed by atoms with Crippen LogP contribution < -0.4 is 16.6 Å². The summed E-state index contributed by atoms with van der Waals surface area (Å²) in [6, 6.07) is 19.4. The van der Waals surface area contributed by atoms with Crippen molar-refractivity contribution in [1.29, 1.82) is 0 Å². The van der Waals surface area contributed by atoms with Gasteiger partial charge in [0.05, 0.1) is 5.69 Å². The maximum Gasteiger partial charge on any atom is 0.326 e. The van der Waals surface area contributed by atoms with Crippen LogP contribution in [0.1, 0.15) is 37.3 Å². The van der Waals surface area contributed by atoms with Crippen molar-refractivity contribution in [2.24, 2.45) is 5.92 Å². The van der Waals surface area contributed by atoms with E-state index in [-0.39, 0.29) is 23.3 Å². The van der Waals surface area contributed by atoms with E-state index in [1.807, 2.05) is 67.8 Å². The Balaban J connectivity index is 1.17. The second-order valence-electron chi connectivity index (χ2n) is 10.8. The molecule has 2 N–H and O–H groups in total. The Morgan fingerprint density at radius 1 is 0.897 bits per heavy atom. The first-order valence-electron chi connectivity index (χ1n) is 13.7. The maximum atomic E-state index is 13.3. The zero-order valence-electron chi connectivity index (χ0n) is 22.1. The molecule has 2 amide bonds. The van der Waals surface area contributed by atoms with Crippen LogP contribution in [0, 0.1) is 12.8 Å². The molecule has 1 saturated carbocycles. The molecule has 2 aromatic heterocycles. The van der Waals surface area contributed by atoms with Crippen molar-refractivity contribution in [3.63, 3.8) is 0 Å². The first-order valence-corrected chi connectivity index (χ1v) is 13.7. The van der Waals surface area contributed by atoms with Crippen LogP contribution in [0.2, 0.25) is 0 Å². The highest BCUT2D eigenvalue weighted by molar-refractivity contribution is 5.90. The van der Waals surface area contributed by atoms with E-state index in [1.54, 1.807) is 20.1 Å². The average Bonchev–Trinajstić information content (AvgIpc) is 3.69. The summed E-state index contributed by atoms with van der Waals surface area (Å²) in [7, 11) is 0. The van der Waals surface area contributed by atoms with Crippen molar-refractivity contribution in [3.8, 4) is 22.4 Å². The molecule has 0 bridgehead atoms. The van der Waals surface area contributed by atoms with Crippen molar-refractivity contribution >= 4 is 11.7 Å². The van der Waals surface area contributed by atoms with Crippen LogP contribution in [0.15, 0.2) is 82.6 Å². The highest BCUT2D eigenvalue weighted by Gasteiger charge is 2.27. The van der Waals surface area contributed by atoms with Crippen molar-refractivity contribution < 1.29 is 4.79 Å². The summed E-state index contributed by atoms with van der Waals surface area (Å²) in [5, 5.41) is 2.91. The highest BCUT2D eigenvalue weighted by Crippen LogP contribution is 2.31. The molecule has 8 heteroatoms. The first-order chi connectivity index (χ1) is 18.9. The number of aromatic nitrogens is 3. The monoisotopic (exact) mass is 523 g/mol. The van der Waals surface area contributed by atoms with E-state index in [9.17, 15) is 14.4 Å². The van der Waals surface area contributed by atoms with E-state index in [0.717, 1.165) is 40.8 Å². The van der Waals surface area contributed by atoms with Crippen molar-refractivity contribution in [1.82, 2.24) is 19.0 Å². The number of amides is 2. The molecule has 2 aromatic carbocycles. The van der Waals surface area contributed by atoms with E-state index >= 15 is 0 Å². The minimum absolute atomic E-state index is 0.00989. The van der Waals surface area contributed by atoms with Gasteiger partial charge in [-0.25, -0.2) is 9.59 Å². The molecule has 0 radical (unpaired) electrons. The van der Waals surface area contributed by atoms with Crippen molar-refractivity contribution in [2.45, 2.75) is 45.2 Å². The van der Waals surface area contributed by atoms with Gasteiger partial charge in [-0.2, -0.15) is 0 Å². The lowest BCUT2D eigenvalue weighted by Gasteiger charge is -2.32. The Morgan fingerprint density at radius 2 is 1.64 bits per heavy atom. The summed E-state index contributed by atoms with van der Waals surface area (Å²) < 4.78 is 3.50. The minimum atomic E-state index is -0.281. The number of hydrogen-bond donors (Lipinski definition) is 2. The molecule has 3 heterocycles. The summed E-state index contributed by atoms with van der Waals surface area (Å²) in [5.41, 5.74) is 4.81. The van der Waals surface area contributed by atoms with E-state index in [4.69, 9.17) is 0 Å². The van der Waals surface area contributed by atoms with Gasteiger partial charge in [0.1, 0.15) is 5.69 Å². The molecule has 0 unspecified atom stereocenters. The van der Waals surface area contributed by atoms with Crippen LogP contribution in [-0.2, 0) is 6.54 Å². The third kappa shape index (κ3) is 5.46. The number of nitrogens with one attached hydrogen (secondary N) is 2. The first kappa shape index (κ1) is 25.0. The lowest BCUT2D eigenvalue weighted by molar-refractivity contribution is 0.183. The fourth-order valence-corrected chi connectivity index (χ4v) is 5.41. The Labute approximate surface area is 226 Å². The van der Waals surface area contributed by atoms with Gasteiger partial charge < -0.3 is 19.8 Å². The predicted octanol–water partition coefficient (Wildman–Crippen LogP) is 5.26. The van der Waals surface area contributed by atoms with Gasteiger partial charge in [0.15, 0.2) is 0 Å². The van der Waals surface area contributed by atoms with E-state index in [0.29, 0.717) is 44.1 Å². The average molecular weight is 524 g/mol. The number of piperidine rings is 1.